The van der Waals surface area contributed by atoms with Crippen LogP contribution < -0.4 is 10.6 Å². The Morgan fingerprint density at radius 2 is 2.22 bits per heavy atom. The molecule has 1 unspecified atom stereocenters. The highest BCUT2D eigenvalue weighted by molar-refractivity contribution is 7.99. The third kappa shape index (κ3) is 4.00. The third-order valence-corrected chi connectivity index (χ3v) is 5.15. The molecular formula is C19H22N4O3S. The fraction of sp³-hybridized carbons (Fsp3) is 0.316. The summed E-state index contributed by atoms with van der Waals surface area (Å²) in [6.07, 6.45) is 1.82. The zero-order valence-corrected chi connectivity index (χ0v) is 16.1. The van der Waals surface area contributed by atoms with Crippen molar-refractivity contribution in [3.05, 3.63) is 48.2 Å². The molecule has 0 fully saturated rings. The number of carbonyl (C=O) groups excluding carboxylic acids is 2. The van der Waals surface area contributed by atoms with Gasteiger partial charge in [-0.1, -0.05) is 30.0 Å². The maximum Gasteiger partial charge on any atom is 0.337 e. The molecule has 2 heterocycles. The van der Waals surface area contributed by atoms with Crippen molar-refractivity contribution in [1.82, 2.24) is 20.2 Å². The average molecular weight is 386 g/mol. The van der Waals surface area contributed by atoms with Crippen molar-refractivity contribution in [2.24, 2.45) is 0 Å². The molecule has 27 heavy (non-hydrogen) atoms. The average Bonchev–Trinajstić information content (AvgIpc) is 2.98. The normalized spacial score (nSPS) is 16.8. The van der Waals surface area contributed by atoms with Gasteiger partial charge in [0.25, 0.3) is 0 Å². The summed E-state index contributed by atoms with van der Waals surface area (Å²) >= 11 is 1.46. The second kappa shape index (κ2) is 8.30. The minimum Gasteiger partial charge on any atom is -0.463 e. The molecule has 8 heteroatoms. The summed E-state index contributed by atoms with van der Waals surface area (Å²) in [7, 11) is 0. The van der Waals surface area contributed by atoms with E-state index in [0.29, 0.717) is 23.6 Å². The highest BCUT2D eigenvalue weighted by Gasteiger charge is 2.29. The molecule has 1 aliphatic rings. The van der Waals surface area contributed by atoms with Gasteiger partial charge < -0.3 is 19.9 Å². The summed E-state index contributed by atoms with van der Waals surface area (Å²) in [5.74, 6) is -0.0282. The molecule has 1 aromatic carbocycles. The van der Waals surface area contributed by atoms with Crippen LogP contribution in [0.2, 0.25) is 0 Å². The molecule has 0 saturated heterocycles. The first-order valence-electron chi connectivity index (χ1n) is 8.71. The molecule has 1 aromatic heterocycles. The highest BCUT2D eigenvalue weighted by atomic mass is 32.2. The van der Waals surface area contributed by atoms with Crippen molar-refractivity contribution in [1.29, 1.82) is 0 Å². The molecule has 0 spiro atoms. The molecule has 0 radical (unpaired) electrons. The van der Waals surface area contributed by atoms with Gasteiger partial charge in [0.2, 0.25) is 0 Å². The van der Waals surface area contributed by atoms with Crippen LogP contribution in [0.15, 0.2) is 53.3 Å². The van der Waals surface area contributed by atoms with Crippen LogP contribution in [0, 0.1) is 0 Å². The van der Waals surface area contributed by atoms with Crippen molar-refractivity contribution in [2.45, 2.75) is 31.6 Å². The van der Waals surface area contributed by atoms with Gasteiger partial charge in [0.05, 0.1) is 29.3 Å². The summed E-state index contributed by atoms with van der Waals surface area (Å²) in [5.41, 5.74) is 2.90. The number of nitrogens with one attached hydrogen (secondary N) is 2. The molecule has 0 aliphatic carbocycles. The Kier molecular flexibility index (Phi) is 5.85. The van der Waals surface area contributed by atoms with Crippen LogP contribution >= 0.6 is 11.8 Å². The maximum absolute atomic E-state index is 12.3. The first-order valence-corrected chi connectivity index (χ1v) is 9.70. The van der Waals surface area contributed by atoms with Crippen molar-refractivity contribution >= 4 is 34.8 Å². The number of thioether (sulfide) groups is 1. The summed E-state index contributed by atoms with van der Waals surface area (Å²) in [6, 6.07) is 7.13. The Balaban J connectivity index is 1.91. The molecule has 142 valence electrons. The summed E-state index contributed by atoms with van der Waals surface area (Å²) in [5, 5.41) is 6.24. The third-order valence-electron chi connectivity index (χ3n) is 4.14. The van der Waals surface area contributed by atoms with E-state index in [9.17, 15) is 9.59 Å². The van der Waals surface area contributed by atoms with Crippen LogP contribution in [0.3, 0.4) is 0 Å². The number of carbonyl (C=O) groups is 2. The largest absolute Gasteiger partial charge is 0.463 e. The molecule has 1 aliphatic heterocycles. The van der Waals surface area contributed by atoms with Crippen molar-refractivity contribution < 1.29 is 14.3 Å². The van der Waals surface area contributed by atoms with Gasteiger partial charge in [-0.05, 0) is 26.0 Å². The molecule has 2 amide bonds. The zero-order chi connectivity index (χ0) is 19.4. The maximum atomic E-state index is 12.3. The van der Waals surface area contributed by atoms with Gasteiger partial charge in [0.1, 0.15) is 0 Å². The predicted octanol–water partition coefficient (Wildman–Crippen LogP) is 2.83. The number of esters is 1. The van der Waals surface area contributed by atoms with Crippen LogP contribution in [0.5, 0.6) is 0 Å². The predicted molar refractivity (Wildman–Crippen MR) is 105 cm³/mol. The standard InChI is InChI=1S/C19H22N4O3S/c1-4-10-23-15-9-7-6-8-13(15)22-19(23)27-11-14-16(17(24)26-5-2)12(3)20-18(25)21-14/h4,6-9,12H,1,5,10-11H2,2-3H3,(H2,20,21,25). The summed E-state index contributed by atoms with van der Waals surface area (Å²) in [6.45, 7) is 8.23. The Bertz CT molecular complexity index is 919. The first kappa shape index (κ1) is 19.0. The second-order valence-electron chi connectivity index (χ2n) is 6.00. The molecule has 3 rings (SSSR count). The fourth-order valence-electron chi connectivity index (χ4n) is 3.00. The highest BCUT2D eigenvalue weighted by Crippen LogP contribution is 2.27. The first-order chi connectivity index (χ1) is 13.0. The van der Waals surface area contributed by atoms with Crippen LogP contribution in [0.1, 0.15) is 13.8 Å². The van der Waals surface area contributed by atoms with E-state index in [1.54, 1.807) is 13.8 Å². The molecular weight excluding hydrogens is 364 g/mol. The van der Waals surface area contributed by atoms with Crippen molar-refractivity contribution in [3.63, 3.8) is 0 Å². The van der Waals surface area contributed by atoms with E-state index in [4.69, 9.17) is 4.74 Å². The Hall–Kier alpha value is -2.74. The molecule has 0 bridgehead atoms. The lowest BCUT2D eigenvalue weighted by Gasteiger charge is -2.26. The van der Waals surface area contributed by atoms with Crippen LogP contribution in [0.4, 0.5) is 4.79 Å². The number of fused-ring (bicyclic) bond motifs is 1. The number of hydrogen-bond acceptors (Lipinski definition) is 5. The molecule has 2 aromatic rings. The monoisotopic (exact) mass is 386 g/mol. The van der Waals surface area contributed by atoms with E-state index in [2.05, 4.69) is 26.8 Å². The van der Waals surface area contributed by atoms with Gasteiger partial charge in [0, 0.05) is 18.0 Å². The zero-order valence-electron chi connectivity index (χ0n) is 15.3. The number of benzene rings is 1. The van der Waals surface area contributed by atoms with Crippen molar-refractivity contribution in [2.75, 3.05) is 12.4 Å². The van der Waals surface area contributed by atoms with Crippen LogP contribution in [0.25, 0.3) is 11.0 Å². The molecule has 0 saturated carbocycles. The minimum atomic E-state index is -0.423. The van der Waals surface area contributed by atoms with Crippen molar-refractivity contribution in [3.8, 4) is 0 Å². The van der Waals surface area contributed by atoms with Gasteiger partial charge in [-0.3, -0.25) is 0 Å². The van der Waals surface area contributed by atoms with Gasteiger partial charge >= 0.3 is 12.0 Å². The van der Waals surface area contributed by atoms with E-state index in [1.165, 1.54) is 11.8 Å². The molecule has 2 N–H and O–H groups in total. The lowest BCUT2D eigenvalue weighted by Crippen LogP contribution is -2.49. The number of aromatic nitrogens is 2. The number of urea groups is 1. The van der Waals surface area contributed by atoms with Crippen LogP contribution in [-0.4, -0.2) is 40.0 Å². The quantitative estimate of drug-likeness (QED) is 0.434. The lowest BCUT2D eigenvalue weighted by molar-refractivity contribution is -0.138. The van der Waals surface area contributed by atoms with Gasteiger partial charge in [-0.25, -0.2) is 14.6 Å². The smallest absolute Gasteiger partial charge is 0.337 e. The number of rotatable bonds is 7. The topological polar surface area (TPSA) is 85.2 Å². The van der Waals surface area contributed by atoms with E-state index in [0.717, 1.165) is 16.2 Å². The Morgan fingerprint density at radius 3 is 2.96 bits per heavy atom. The summed E-state index contributed by atoms with van der Waals surface area (Å²) < 4.78 is 7.21. The van der Waals surface area contributed by atoms with E-state index in [-0.39, 0.29) is 12.6 Å². The SMILES string of the molecule is C=CCn1c(SCC2=C(C(=O)OCC)C(C)NC(=O)N2)nc2ccccc21. The second-order valence-corrected chi connectivity index (χ2v) is 6.95. The number of nitrogens with zero attached hydrogens (tertiary/aromatic N) is 2. The fourth-order valence-corrected chi connectivity index (χ4v) is 3.99. The van der Waals surface area contributed by atoms with E-state index < -0.39 is 12.0 Å². The van der Waals surface area contributed by atoms with Gasteiger partial charge in [-0.15, -0.1) is 6.58 Å². The number of hydrogen-bond donors (Lipinski definition) is 2. The Morgan fingerprint density at radius 1 is 1.44 bits per heavy atom. The molecule has 7 nitrogen and oxygen atoms in total. The van der Waals surface area contributed by atoms with E-state index in [1.807, 2.05) is 30.3 Å². The van der Waals surface area contributed by atoms with Gasteiger partial charge in [0.15, 0.2) is 5.16 Å². The van der Waals surface area contributed by atoms with Crippen LogP contribution in [-0.2, 0) is 16.1 Å². The van der Waals surface area contributed by atoms with E-state index >= 15 is 0 Å². The number of amides is 2. The lowest BCUT2D eigenvalue weighted by atomic mass is 10.1. The molecule has 1 atom stereocenters. The van der Waals surface area contributed by atoms with Gasteiger partial charge in [-0.2, -0.15) is 0 Å². The summed E-state index contributed by atoms with van der Waals surface area (Å²) in [4.78, 5) is 28.9. The number of imidazole rings is 1. The number of ether oxygens (including phenoxy) is 1. The Labute approximate surface area is 161 Å². The minimum absolute atomic E-state index is 0.276. The number of allylic oxidation sites excluding steroid dienone is 1. The number of para-hydroxylation sites is 2.